The number of aliphatic hydroxyl groups is 1. The van der Waals surface area contributed by atoms with Crippen LogP contribution in [0.25, 0.3) is 0 Å². The van der Waals surface area contributed by atoms with Gasteiger partial charge in [0, 0.05) is 45.1 Å². The minimum atomic E-state index is -0.247. The van der Waals surface area contributed by atoms with Crippen molar-refractivity contribution in [2.75, 3.05) is 37.6 Å². The zero-order valence-electron chi connectivity index (χ0n) is 9.58. The average Bonchev–Trinajstić information content (AvgIpc) is 2.30. The summed E-state index contributed by atoms with van der Waals surface area (Å²) in [5, 5.41) is 9.31. The fourth-order valence-corrected chi connectivity index (χ4v) is 1.99. The van der Waals surface area contributed by atoms with Gasteiger partial charge in [0.25, 0.3) is 0 Å². The van der Waals surface area contributed by atoms with Crippen molar-refractivity contribution < 1.29 is 5.11 Å². The molecule has 0 aliphatic carbocycles. The first kappa shape index (κ1) is 11.3. The summed E-state index contributed by atoms with van der Waals surface area (Å²) in [6.45, 7) is 6.43. The normalized spacial score (nSPS) is 19.8. The summed E-state index contributed by atoms with van der Waals surface area (Å²) in [6.07, 6.45) is 4.96. The Labute approximate surface area is 95.7 Å². The Morgan fingerprint density at radius 3 is 2.62 bits per heavy atom. The third-order valence-corrected chi connectivity index (χ3v) is 2.77. The lowest BCUT2D eigenvalue weighted by Gasteiger charge is -2.35. The highest BCUT2D eigenvalue weighted by Crippen LogP contribution is 2.11. The van der Waals surface area contributed by atoms with Crippen molar-refractivity contribution in [1.29, 1.82) is 0 Å². The van der Waals surface area contributed by atoms with E-state index >= 15 is 0 Å². The maximum absolute atomic E-state index is 9.31. The van der Waals surface area contributed by atoms with E-state index in [-0.39, 0.29) is 6.10 Å². The van der Waals surface area contributed by atoms with Gasteiger partial charge in [-0.25, -0.2) is 4.98 Å². The molecule has 0 spiro atoms. The molecule has 0 radical (unpaired) electrons. The Balaban J connectivity index is 1.86. The summed E-state index contributed by atoms with van der Waals surface area (Å²) in [6, 6.07) is 0. The smallest absolute Gasteiger partial charge is 0.147 e. The number of anilines is 1. The second-order valence-electron chi connectivity index (χ2n) is 4.20. The van der Waals surface area contributed by atoms with Crippen molar-refractivity contribution in [3.8, 4) is 0 Å². The summed E-state index contributed by atoms with van der Waals surface area (Å²) in [7, 11) is 0. The van der Waals surface area contributed by atoms with E-state index in [1.807, 2.05) is 6.92 Å². The quantitative estimate of drug-likeness (QED) is 0.779. The van der Waals surface area contributed by atoms with Crippen LogP contribution < -0.4 is 4.90 Å². The standard InChI is InChI=1S/C11H18N4O/c1-10(16)9-14-4-6-15(7-5-14)11-8-12-2-3-13-11/h2-3,8,10,16H,4-7,9H2,1H3. The molecule has 1 aliphatic heterocycles. The first-order chi connectivity index (χ1) is 7.75. The van der Waals surface area contributed by atoms with E-state index < -0.39 is 0 Å². The molecule has 2 heterocycles. The van der Waals surface area contributed by atoms with Crippen molar-refractivity contribution >= 4 is 5.82 Å². The molecule has 1 N–H and O–H groups in total. The molecule has 1 aliphatic rings. The van der Waals surface area contributed by atoms with Gasteiger partial charge in [-0.1, -0.05) is 0 Å². The molecule has 5 heteroatoms. The molecule has 1 atom stereocenters. The predicted molar refractivity (Wildman–Crippen MR) is 62.4 cm³/mol. The van der Waals surface area contributed by atoms with Crippen LogP contribution in [-0.2, 0) is 0 Å². The molecular weight excluding hydrogens is 204 g/mol. The molecule has 5 nitrogen and oxygen atoms in total. The van der Waals surface area contributed by atoms with E-state index in [1.165, 1.54) is 0 Å². The molecular formula is C11H18N4O. The summed E-state index contributed by atoms with van der Waals surface area (Å²) in [5.74, 6) is 0.944. The van der Waals surface area contributed by atoms with Crippen LogP contribution in [0.2, 0.25) is 0 Å². The van der Waals surface area contributed by atoms with E-state index in [0.717, 1.165) is 38.5 Å². The van der Waals surface area contributed by atoms with E-state index in [0.29, 0.717) is 0 Å². The lowest BCUT2D eigenvalue weighted by Crippen LogP contribution is -2.48. The van der Waals surface area contributed by atoms with Gasteiger partial charge in [0.2, 0.25) is 0 Å². The van der Waals surface area contributed by atoms with Crippen molar-refractivity contribution in [3.63, 3.8) is 0 Å². The number of aliphatic hydroxyl groups excluding tert-OH is 1. The van der Waals surface area contributed by atoms with Gasteiger partial charge in [-0.2, -0.15) is 0 Å². The maximum atomic E-state index is 9.31. The largest absolute Gasteiger partial charge is 0.392 e. The van der Waals surface area contributed by atoms with E-state index in [4.69, 9.17) is 0 Å². The highest BCUT2D eigenvalue weighted by molar-refractivity contribution is 5.35. The third-order valence-electron chi connectivity index (χ3n) is 2.77. The summed E-state index contributed by atoms with van der Waals surface area (Å²) < 4.78 is 0. The van der Waals surface area contributed by atoms with E-state index in [1.54, 1.807) is 18.6 Å². The van der Waals surface area contributed by atoms with Gasteiger partial charge in [-0.15, -0.1) is 0 Å². The number of rotatable bonds is 3. The topological polar surface area (TPSA) is 52.5 Å². The fourth-order valence-electron chi connectivity index (χ4n) is 1.99. The number of hydrogen-bond acceptors (Lipinski definition) is 5. The Bertz CT molecular complexity index is 309. The average molecular weight is 222 g/mol. The lowest BCUT2D eigenvalue weighted by molar-refractivity contribution is 0.122. The van der Waals surface area contributed by atoms with Crippen molar-refractivity contribution in [3.05, 3.63) is 18.6 Å². The summed E-state index contributed by atoms with van der Waals surface area (Å²) in [5.41, 5.74) is 0. The third kappa shape index (κ3) is 2.90. The number of β-amino-alcohol motifs (C(OH)–C–C–N with tert-alkyl or cyclic N) is 1. The molecule has 0 bridgehead atoms. The van der Waals surface area contributed by atoms with Crippen molar-refractivity contribution in [1.82, 2.24) is 14.9 Å². The molecule has 0 aromatic carbocycles. The minimum Gasteiger partial charge on any atom is -0.392 e. The number of nitrogens with zero attached hydrogens (tertiary/aromatic N) is 4. The SMILES string of the molecule is CC(O)CN1CCN(c2cnccn2)CC1. The van der Waals surface area contributed by atoms with Crippen LogP contribution in [0, 0.1) is 0 Å². The van der Waals surface area contributed by atoms with Gasteiger partial charge in [0.05, 0.1) is 12.3 Å². The van der Waals surface area contributed by atoms with Crippen LogP contribution in [-0.4, -0.2) is 58.8 Å². The van der Waals surface area contributed by atoms with E-state index in [9.17, 15) is 5.11 Å². The Hall–Kier alpha value is -1.20. The van der Waals surface area contributed by atoms with Crippen LogP contribution in [0.15, 0.2) is 18.6 Å². The van der Waals surface area contributed by atoms with Crippen LogP contribution in [0.1, 0.15) is 6.92 Å². The van der Waals surface area contributed by atoms with Crippen LogP contribution in [0.3, 0.4) is 0 Å². The van der Waals surface area contributed by atoms with Crippen LogP contribution >= 0.6 is 0 Å². The molecule has 1 fully saturated rings. The highest BCUT2D eigenvalue weighted by atomic mass is 16.3. The molecule has 1 aromatic heterocycles. The molecule has 0 amide bonds. The minimum absolute atomic E-state index is 0.247. The molecule has 1 aromatic rings. The Kier molecular flexibility index (Phi) is 3.69. The molecule has 16 heavy (non-hydrogen) atoms. The van der Waals surface area contributed by atoms with Crippen LogP contribution in [0.4, 0.5) is 5.82 Å². The molecule has 1 saturated heterocycles. The summed E-state index contributed by atoms with van der Waals surface area (Å²) >= 11 is 0. The summed E-state index contributed by atoms with van der Waals surface area (Å²) in [4.78, 5) is 12.9. The Morgan fingerprint density at radius 2 is 2.06 bits per heavy atom. The Morgan fingerprint density at radius 1 is 1.31 bits per heavy atom. The molecule has 2 rings (SSSR count). The number of hydrogen-bond donors (Lipinski definition) is 1. The predicted octanol–water partition coefficient (Wildman–Crippen LogP) is -0.0206. The van der Waals surface area contributed by atoms with E-state index in [2.05, 4.69) is 19.8 Å². The van der Waals surface area contributed by atoms with Crippen molar-refractivity contribution in [2.45, 2.75) is 13.0 Å². The zero-order chi connectivity index (χ0) is 11.4. The fraction of sp³-hybridized carbons (Fsp3) is 0.636. The van der Waals surface area contributed by atoms with Gasteiger partial charge < -0.3 is 10.0 Å². The van der Waals surface area contributed by atoms with Crippen molar-refractivity contribution in [2.24, 2.45) is 0 Å². The zero-order valence-corrected chi connectivity index (χ0v) is 9.58. The number of aromatic nitrogens is 2. The van der Waals surface area contributed by atoms with Gasteiger partial charge in [0.15, 0.2) is 0 Å². The second kappa shape index (κ2) is 5.23. The van der Waals surface area contributed by atoms with Gasteiger partial charge in [-0.3, -0.25) is 9.88 Å². The number of piperazine rings is 1. The molecule has 1 unspecified atom stereocenters. The first-order valence-electron chi connectivity index (χ1n) is 5.67. The maximum Gasteiger partial charge on any atom is 0.147 e. The van der Waals surface area contributed by atoms with Gasteiger partial charge in [0.1, 0.15) is 5.82 Å². The highest BCUT2D eigenvalue weighted by Gasteiger charge is 2.18. The first-order valence-corrected chi connectivity index (χ1v) is 5.67. The second-order valence-corrected chi connectivity index (χ2v) is 4.20. The molecule has 0 saturated carbocycles. The monoisotopic (exact) mass is 222 g/mol. The molecule has 88 valence electrons. The lowest BCUT2D eigenvalue weighted by atomic mass is 10.3. The van der Waals surface area contributed by atoms with Gasteiger partial charge in [-0.05, 0) is 6.92 Å². The van der Waals surface area contributed by atoms with Gasteiger partial charge >= 0.3 is 0 Å². The van der Waals surface area contributed by atoms with Crippen LogP contribution in [0.5, 0.6) is 0 Å².